The molecule has 16 nitrogen and oxygen atoms in total. The number of aromatic amines is 2. The number of rotatable bonds is 11. The number of benzene rings is 2. The van der Waals surface area contributed by atoms with Crippen molar-refractivity contribution < 1.29 is 33.4 Å². The molecule has 0 aliphatic carbocycles. The fraction of sp³-hybridized carbons (Fsp3) is 0.468. The van der Waals surface area contributed by atoms with Crippen molar-refractivity contribution in [3.63, 3.8) is 0 Å². The number of methoxy groups -OCH3 is 2. The van der Waals surface area contributed by atoms with Gasteiger partial charge in [-0.05, 0) is 80.2 Å². The van der Waals surface area contributed by atoms with Gasteiger partial charge in [-0.2, -0.15) is 0 Å². The number of hydrogen-bond acceptors (Lipinski definition) is 9. The van der Waals surface area contributed by atoms with Crippen LogP contribution in [0, 0.1) is 23.7 Å². The van der Waals surface area contributed by atoms with Gasteiger partial charge < -0.3 is 44.8 Å². The van der Waals surface area contributed by atoms with Crippen molar-refractivity contribution in [3.05, 3.63) is 83.2 Å². The summed E-state index contributed by atoms with van der Waals surface area (Å²) in [7, 11) is 2.56. The maximum Gasteiger partial charge on any atom is 0.407 e. The van der Waals surface area contributed by atoms with E-state index in [1.54, 1.807) is 22.2 Å². The van der Waals surface area contributed by atoms with E-state index in [0.717, 1.165) is 60.9 Å². The van der Waals surface area contributed by atoms with Gasteiger partial charge in [-0.15, -0.1) is 0 Å². The third-order valence-corrected chi connectivity index (χ3v) is 12.2. The highest BCUT2D eigenvalue weighted by atomic mass is 16.5. The van der Waals surface area contributed by atoms with Crippen LogP contribution >= 0.6 is 0 Å². The lowest BCUT2D eigenvalue weighted by Gasteiger charge is -2.30. The van der Waals surface area contributed by atoms with Crippen LogP contribution in [0.15, 0.2) is 54.9 Å². The standard InChI is InChI=1S/C47H57N9O7/c1-28(2)39(52-46(60)62-5)44(58)55-23-9-11-37(55)41-48-26-35(50-41)32-17-14-30(15-18-32)13-16-31-19-20-33(25-34(31)43(57)54-21-7-8-22-54)36-27-49-42(51-36)38-12-10-24-56(38)45(59)40(29(3)4)53-47(61)63-6/h14-15,17-20,25-29,37-40H,7-12,21-24H2,1-6H3,(H,48,50)(H,49,51)(H,52,60)(H,53,61)/t37-,38-,39-,40-/m0/s1. The quantitative estimate of drug-likeness (QED) is 0.127. The summed E-state index contributed by atoms with van der Waals surface area (Å²) in [6.45, 7) is 10.0. The zero-order valence-corrected chi connectivity index (χ0v) is 36.8. The molecule has 5 heterocycles. The smallest absolute Gasteiger partial charge is 0.407 e. The fourth-order valence-corrected chi connectivity index (χ4v) is 8.65. The predicted molar refractivity (Wildman–Crippen MR) is 235 cm³/mol. The third-order valence-electron chi connectivity index (χ3n) is 12.2. The number of hydrogen-bond donors (Lipinski definition) is 4. The molecule has 3 saturated heterocycles. The Balaban J connectivity index is 1.08. The molecule has 2 aromatic carbocycles. The normalized spacial score (nSPS) is 18.3. The highest BCUT2D eigenvalue weighted by Crippen LogP contribution is 2.35. The zero-order chi connectivity index (χ0) is 44.8. The van der Waals surface area contributed by atoms with Gasteiger partial charge in [-0.25, -0.2) is 19.6 Å². The first-order chi connectivity index (χ1) is 30.4. The zero-order valence-electron chi connectivity index (χ0n) is 36.8. The van der Waals surface area contributed by atoms with Gasteiger partial charge in [0, 0.05) is 42.9 Å². The summed E-state index contributed by atoms with van der Waals surface area (Å²) in [4.78, 5) is 87.0. The first-order valence-electron chi connectivity index (χ1n) is 21.8. The fourth-order valence-electron chi connectivity index (χ4n) is 8.65. The summed E-state index contributed by atoms with van der Waals surface area (Å²) in [5, 5.41) is 5.38. The first-order valence-corrected chi connectivity index (χ1v) is 21.8. The molecule has 0 bridgehead atoms. The largest absolute Gasteiger partial charge is 0.453 e. The molecule has 3 fully saturated rings. The van der Waals surface area contributed by atoms with E-state index in [1.165, 1.54) is 14.2 Å². The predicted octanol–water partition coefficient (Wildman–Crippen LogP) is 6.19. The van der Waals surface area contributed by atoms with Crippen LogP contribution in [-0.2, 0) is 19.1 Å². The minimum atomic E-state index is -0.737. The Hall–Kier alpha value is -6.63. The van der Waals surface area contributed by atoms with Crippen molar-refractivity contribution in [3.8, 4) is 34.4 Å². The Labute approximate surface area is 367 Å². The van der Waals surface area contributed by atoms with Crippen molar-refractivity contribution in [2.75, 3.05) is 40.4 Å². The van der Waals surface area contributed by atoms with Crippen molar-refractivity contribution >= 4 is 29.9 Å². The summed E-state index contributed by atoms with van der Waals surface area (Å²) >= 11 is 0. The Morgan fingerprint density at radius 2 is 1.16 bits per heavy atom. The Kier molecular flexibility index (Phi) is 13.8. The number of likely N-dealkylation sites (tertiary alicyclic amines) is 3. The van der Waals surface area contributed by atoms with Crippen LogP contribution in [-0.4, -0.2) is 117 Å². The summed E-state index contributed by atoms with van der Waals surface area (Å²) in [6, 6.07) is 11.4. The SMILES string of the molecule is COC(=O)N[C@H](C(=O)N1CCC[C@H]1c1ncc(-c2ccc(C#Cc3ccc(-c4cnc([C@@H]5CCCN5C(=O)[C@@H](NC(=O)OC)C(C)C)[nH]4)cc3C(=O)N3CCCC3)cc2)[nH]1)C(C)C. The number of alkyl carbamates (subject to hydrolysis) is 2. The van der Waals surface area contributed by atoms with E-state index >= 15 is 0 Å². The number of H-pyrrole nitrogens is 2. The number of amides is 5. The van der Waals surface area contributed by atoms with Crippen LogP contribution in [0.5, 0.6) is 0 Å². The van der Waals surface area contributed by atoms with Gasteiger partial charge in [-0.3, -0.25) is 14.4 Å². The second kappa shape index (κ2) is 19.6. The monoisotopic (exact) mass is 859 g/mol. The lowest BCUT2D eigenvalue weighted by molar-refractivity contribution is -0.136. The van der Waals surface area contributed by atoms with E-state index < -0.39 is 24.3 Å². The number of nitrogens with zero attached hydrogens (tertiary/aromatic N) is 5. The molecule has 16 heteroatoms. The lowest BCUT2D eigenvalue weighted by Crippen LogP contribution is -2.51. The molecule has 4 N–H and O–H groups in total. The maximum atomic E-state index is 14.0. The third kappa shape index (κ3) is 9.88. The minimum absolute atomic E-state index is 0.0730. The van der Waals surface area contributed by atoms with Crippen molar-refractivity contribution in [2.45, 2.75) is 90.4 Å². The minimum Gasteiger partial charge on any atom is -0.453 e. The molecular weight excluding hydrogens is 803 g/mol. The number of carbonyl (C=O) groups excluding carboxylic acids is 5. The number of nitrogens with one attached hydrogen (secondary N) is 4. The second-order valence-corrected chi connectivity index (χ2v) is 17.0. The van der Waals surface area contributed by atoms with E-state index in [1.807, 2.05) is 75.1 Å². The average Bonchev–Trinajstić information content (AvgIpc) is 4.15. The molecule has 2 aromatic heterocycles. The van der Waals surface area contributed by atoms with Crippen molar-refractivity contribution in [1.82, 2.24) is 45.3 Å². The summed E-state index contributed by atoms with van der Waals surface area (Å²) in [5.41, 5.74) is 5.08. The van der Waals surface area contributed by atoms with Crippen molar-refractivity contribution in [2.24, 2.45) is 11.8 Å². The number of carbonyl (C=O) groups is 5. The van der Waals surface area contributed by atoms with Gasteiger partial charge in [0.2, 0.25) is 11.8 Å². The van der Waals surface area contributed by atoms with Crippen LogP contribution < -0.4 is 10.6 Å². The molecule has 7 rings (SSSR count). The van der Waals surface area contributed by atoms with E-state index in [0.29, 0.717) is 54.6 Å². The summed E-state index contributed by atoms with van der Waals surface area (Å²) in [5.74, 6) is 7.16. The Bertz CT molecular complexity index is 2370. The number of aromatic nitrogens is 4. The van der Waals surface area contributed by atoms with Gasteiger partial charge in [0.1, 0.15) is 23.7 Å². The van der Waals surface area contributed by atoms with Crippen LogP contribution in [0.4, 0.5) is 9.59 Å². The highest BCUT2D eigenvalue weighted by Gasteiger charge is 2.39. The molecular formula is C47H57N9O7. The van der Waals surface area contributed by atoms with E-state index in [-0.39, 0.29) is 41.6 Å². The number of ether oxygens (including phenoxy) is 2. The lowest BCUT2D eigenvalue weighted by atomic mass is 10.0. The average molecular weight is 860 g/mol. The molecule has 4 aromatic rings. The van der Waals surface area contributed by atoms with E-state index in [4.69, 9.17) is 14.5 Å². The van der Waals surface area contributed by atoms with Gasteiger partial charge in [0.05, 0.1) is 55.6 Å². The molecule has 0 unspecified atom stereocenters. The molecule has 5 amide bonds. The second-order valence-electron chi connectivity index (χ2n) is 17.0. The molecule has 0 saturated carbocycles. The molecule has 63 heavy (non-hydrogen) atoms. The summed E-state index contributed by atoms with van der Waals surface area (Å²) in [6.07, 6.45) is 7.20. The van der Waals surface area contributed by atoms with E-state index in [9.17, 15) is 24.0 Å². The van der Waals surface area contributed by atoms with E-state index in [2.05, 4.69) is 37.4 Å². The maximum absolute atomic E-state index is 14.0. The topological polar surface area (TPSA) is 195 Å². The first kappa shape index (κ1) is 44.4. The van der Waals surface area contributed by atoms with Gasteiger partial charge in [0.15, 0.2) is 0 Å². The van der Waals surface area contributed by atoms with Gasteiger partial charge in [-0.1, -0.05) is 57.7 Å². The van der Waals surface area contributed by atoms with Crippen LogP contribution in [0.2, 0.25) is 0 Å². The molecule has 0 radical (unpaired) electrons. The summed E-state index contributed by atoms with van der Waals surface area (Å²) < 4.78 is 9.54. The van der Waals surface area contributed by atoms with Gasteiger partial charge >= 0.3 is 12.2 Å². The highest BCUT2D eigenvalue weighted by molar-refractivity contribution is 5.98. The Morgan fingerprint density at radius 1 is 0.667 bits per heavy atom. The molecule has 332 valence electrons. The molecule has 0 spiro atoms. The van der Waals surface area contributed by atoms with Crippen molar-refractivity contribution in [1.29, 1.82) is 0 Å². The van der Waals surface area contributed by atoms with Gasteiger partial charge in [0.25, 0.3) is 5.91 Å². The number of imidazole rings is 2. The molecule has 4 atom stereocenters. The molecule has 3 aliphatic rings. The van der Waals surface area contributed by atoms with Crippen LogP contribution in [0.1, 0.15) is 111 Å². The molecule has 3 aliphatic heterocycles. The Morgan fingerprint density at radius 3 is 1.65 bits per heavy atom. The van der Waals surface area contributed by atoms with Crippen LogP contribution in [0.3, 0.4) is 0 Å². The van der Waals surface area contributed by atoms with Crippen LogP contribution in [0.25, 0.3) is 22.5 Å².